The number of carbonyl (C=O) groups excluding carboxylic acids is 3. The highest BCUT2D eigenvalue weighted by atomic mass is 35.5. The van der Waals surface area contributed by atoms with E-state index in [0.717, 1.165) is 4.90 Å². The van der Waals surface area contributed by atoms with Crippen LogP contribution in [0.25, 0.3) is 0 Å². The second-order valence-corrected chi connectivity index (χ2v) is 7.82. The lowest BCUT2D eigenvalue weighted by Crippen LogP contribution is -2.32. The Labute approximate surface area is 211 Å². The van der Waals surface area contributed by atoms with Gasteiger partial charge in [0.2, 0.25) is 0 Å². The summed E-state index contributed by atoms with van der Waals surface area (Å²) in [7, 11) is 4.42. The Morgan fingerprint density at radius 2 is 1.47 bits per heavy atom. The molecule has 1 aliphatic rings. The number of methoxy groups -OCH3 is 3. The van der Waals surface area contributed by atoms with Gasteiger partial charge in [-0.2, -0.15) is 0 Å². The zero-order chi connectivity index (χ0) is 25.8. The minimum absolute atomic E-state index is 0.105. The van der Waals surface area contributed by atoms with Crippen molar-refractivity contribution in [2.24, 2.45) is 0 Å². The molecule has 1 heterocycles. The van der Waals surface area contributed by atoms with E-state index in [1.54, 1.807) is 48.5 Å². The third kappa shape index (κ3) is 4.82. The van der Waals surface area contributed by atoms with Gasteiger partial charge in [-0.05, 0) is 48.5 Å². The number of nitrogens with zero attached hydrogens (tertiary/aromatic N) is 1. The molecular weight excluding hydrogens is 488 g/mol. The first-order valence-electron chi connectivity index (χ1n) is 10.6. The van der Waals surface area contributed by atoms with E-state index in [0.29, 0.717) is 22.9 Å². The highest BCUT2D eigenvalue weighted by molar-refractivity contribution is 6.53. The Morgan fingerprint density at radius 1 is 0.806 bits per heavy atom. The lowest BCUT2D eigenvalue weighted by atomic mass is 10.2. The van der Waals surface area contributed by atoms with Crippen molar-refractivity contribution in [3.05, 3.63) is 83.0 Å². The van der Waals surface area contributed by atoms with Crippen LogP contribution in [0.5, 0.6) is 23.0 Å². The summed E-state index contributed by atoms with van der Waals surface area (Å²) in [5.74, 6) is -0.277. The van der Waals surface area contributed by atoms with Crippen LogP contribution < -0.4 is 29.2 Å². The number of imide groups is 1. The first-order valence-corrected chi connectivity index (χ1v) is 11.0. The number of nitrogens with one attached hydrogen (secondary N) is 1. The van der Waals surface area contributed by atoms with Crippen molar-refractivity contribution in [1.29, 1.82) is 0 Å². The fraction of sp³-hybridized carbons (Fsp3) is 0.115. The van der Waals surface area contributed by atoms with Crippen molar-refractivity contribution in [2.45, 2.75) is 0 Å². The second kappa shape index (κ2) is 10.4. The van der Waals surface area contributed by atoms with Crippen molar-refractivity contribution in [1.82, 2.24) is 0 Å². The lowest BCUT2D eigenvalue weighted by Gasteiger charge is -2.18. The predicted molar refractivity (Wildman–Crippen MR) is 133 cm³/mol. The van der Waals surface area contributed by atoms with E-state index in [2.05, 4.69) is 5.32 Å². The maximum absolute atomic E-state index is 13.1. The first-order chi connectivity index (χ1) is 17.4. The molecule has 0 radical (unpaired) electrons. The minimum atomic E-state index is -0.703. The van der Waals surface area contributed by atoms with Crippen molar-refractivity contribution >= 4 is 40.8 Å². The molecule has 0 fully saturated rings. The zero-order valence-electron chi connectivity index (χ0n) is 19.5. The molecule has 184 valence electrons. The molecule has 3 aromatic rings. The SMILES string of the molecule is COc1cccc(OC(=O)c2ccc(NC3=C(Cl)C(=O)N(c4ccc(OC)cc4OC)C3=O)cc2)c1. The standard InChI is InChI=1S/C26H21ClN2O7/c1-33-17-5-4-6-19(13-17)36-26(32)15-7-9-16(10-8-15)28-23-22(27)24(30)29(25(23)31)20-12-11-18(34-2)14-21(20)35-3/h4-14,28H,1-3H3. The number of hydrogen-bond donors (Lipinski definition) is 1. The Bertz CT molecular complexity index is 1370. The van der Waals surface area contributed by atoms with E-state index in [9.17, 15) is 14.4 Å². The van der Waals surface area contributed by atoms with Gasteiger partial charge >= 0.3 is 5.97 Å². The summed E-state index contributed by atoms with van der Waals surface area (Å²) < 4.78 is 21.0. The molecule has 9 nitrogen and oxygen atoms in total. The fourth-order valence-electron chi connectivity index (χ4n) is 3.46. The summed E-state index contributed by atoms with van der Waals surface area (Å²) in [5.41, 5.74) is 0.831. The van der Waals surface area contributed by atoms with Gasteiger partial charge in [-0.15, -0.1) is 0 Å². The molecule has 0 saturated carbocycles. The largest absolute Gasteiger partial charge is 0.497 e. The number of halogens is 1. The topological polar surface area (TPSA) is 103 Å². The Hall–Kier alpha value is -4.50. The molecular formula is C26H21ClN2O7. The summed E-state index contributed by atoms with van der Waals surface area (Å²) in [6.07, 6.45) is 0. The molecule has 0 aromatic heterocycles. The highest BCUT2D eigenvalue weighted by Crippen LogP contribution is 2.37. The monoisotopic (exact) mass is 508 g/mol. The zero-order valence-corrected chi connectivity index (χ0v) is 20.3. The van der Waals surface area contributed by atoms with Gasteiger partial charge in [0, 0.05) is 17.8 Å². The summed E-state index contributed by atoms with van der Waals surface area (Å²) >= 11 is 6.22. The molecule has 0 spiro atoms. The Balaban J connectivity index is 1.50. The van der Waals surface area contributed by atoms with Gasteiger partial charge in [0.15, 0.2) is 0 Å². The van der Waals surface area contributed by atoms with Crippen LogP contribution in [0.1, 0.15) is 10.4 Å². The average Bonchev–Trinajstić information content (AvgIpc) is 3.11. The highest BCUT2D eigenvalue weighted by Gasteiger charge is 2.40. The van der Waals surface area contributed by atoms with Crippen molar-refractivity contribution in [2.75, 3.05) is 31.5 Å². The van der Waals surface area contributed by atoms with E-state index in [1.165, 1.54) is 39.5 Å². The average molecular weight is 509 g/mol. The van der Waals surface area contributed by atoms with Gasteiger partial charge in [0.25, 0.3) is 11.8 Å². The third-order valence-corrected chi connectivity index (χ3v) is 5.65. The number of carbonyl (C=O) groups is 3. The number of hydrogen-bond acceptors (Lipinski definition) is 8. The number of benzene rings is 3. The van der Waals surface area contributed by atoms with E-state index in [-0.39, 0.29) is 27.7 Å². The van der Waals surface area contributed by atoms with Gasteiger partial charge in [-0.3, -0.25) is 9.59 Å². The predicted octanol–water partition coefficient (Wildman–Crippen LogP) is 4.37. The number of amides is 2. The maximum atomic E-state index is 13.1. The molecule has 4 rings (SSSR count). The Morgan fingerprint density at radius 3 is 2.14 bits per heavy atom. The van der Waals surface area contributed by atoms with Crippen LogP contribution in [0.2, 0.25) is 0 Å². The van der Waals surface area contributed by atoms with E-state index >= 15 is 0 Å². The fourth-order valence-corrected chi connectivity index (χ4v) is 3.68. The molecule has 10 heteroatoms. The molecule has 2 amide bonds. The third-order valence-electron chi connectivity index (χ3n) is 5.30. The summed E-state index contributed by atoms with van der Waals surface area (Å²) in [6.45, 7) is 0. The normalized spacial score (nSPS) is 13.1. The molecule has 36 heavy (non-hydrogen) atoms. The summed E-state index contributed by atoms with van der Waals surface area (Å²) in [6, 6.07) is 17.5. The first kappa shape index (κ1) is 24.6. The van der Waals surface area contributed by atoms with Gasteiger partial charge in [-0.1, -0.05) is 17.7 Å². The molecule has 0 saturated heterocycles. The number of ether oxygens (including phenoxy) is 4. The van der Waals surface area contributed by atoms with Crippen LogP contribution in [-0.4, -0.2) is 39.1 Å². The van der Waals surface area contributed by atoms with Gasteiger partial charge in [0.05, 0.1) is 32.6 Å². The Kier molecular flexibility index (Phi) is 7.12. The number of rotatable bonds is 8. The van der Waals surface area contributed by atoms with E-state index < -0.39 is 17.8 Å². The quantitative estimate of drug-likeness (QED) is 0.272. The second-order valence-electron chi connectivity index (χ2n) is 7.44. The van der Waals surface area contributed by atoms with Crippen molar-refractivity contribution in [3.63, 3.8) is 0 Å². The smallest absolute Gasteiger partial charge is 0.343 e. The molecule has 1 aliphatic heterocycles. The molecule has 0 bridgehead atoms. The molecule has 0 unspecified atom stereocenters. The van der Waals surface area contributed by atoms with Crippen molar-refractivity contribution < 1.29 is 33.3 Å². The van der Waals surface area contributed by atoms with E-state index in [1.807, 2.05) is 0 Å². The van der Waals surface area contributed by atoms with Crippen LogP contribution >= 0.6 is 11.6 Å². The lowest BCUT2D eigenvalue weighted by molar-refractivity contribution is -0.120. The molecule has 3 aromatic carbocycles. The molecule has 0 atom stereocenters. The van der Waals surface area contributed by atoms with Crippen LogP contribution in [0.15, 0.2) is 77.5 Å². The summed E-state index contributed by atoms with van der Waals surface area (Å²) in [4.78, 5) is 39.3. The van der Waals surface area contributed by atoms with Crippen LogP contribution in [0.4, 0.5) is 11.4 Å². The van der Waals surface area contributed by atoms with Crippen LogP contribution in [0, 0.1) is 0 Å². The van der Waals surface area contributed by atoms with Crippen LogP contribution in [0.3, 0.4) is 0 Å². The minimum Gasteiger partial charge on any atom is -0.497 e. The number of anilines is 2. The maximum Gasteiger partial charge on any atom is 0.343 e. The van der Waals surface area contributed by atoms with Crippen molar-refractivity contribution in [3.8, 4) is 23.0 Å². The van der Waals surface area contributed by atoms with Gasteiger partial charge in [0.1, 0.15) is 33.7 Å². The van der Waals surface area contributed by atoms with E-state index in [4.69, 9.17) is 30.5 Å². The number of esters is 1. The van der Waals surface area contributed by atoms with Crippen LogP contribution in [-0.2, 0) is 9.59 Å². The molecule has 1 N–H and O–H groups in total. The van der Waals surface area contributed by atoms with Gasteiger partial charge in [-0.25, -0.2) is 9.69 Å². The van der Waals surface area contributed by atoms with Gasteiger partial charge < -0.3 is 24.3 Å². The summed E-state index contributed by atoms with van der Waals surface area (Å²) in [5, 5.41) is 2.58. The molecule has 0 aliphatic carbocycles.